The van der Waals surface area contributed by atoms with Crippen LogP contribution >= 0.6 is 0 Å². The lowest BCUT2D eigenvalue weighted by Crippen LogP contribution is -2.42. The van der Waals surface area contributed by atoms with Crippen LogP contribution in [0.25, 0.3) is 0 Å². The summed E-state index contributed by atoms with van der Waals surface area (Å²) < 4.78 is 37.3. The van der Waals surface area contributed by atoms with Gasteiger partial charge in [-0.05, 0) is 45.3 Å². The molecule has 2 nitrogen and oxygen atoms in total. The first-order valence-corrected chi connectivity index (χ1v) is 6.77. The lowest BCUT2D eigenvalue weighted by atomic mass is 10.1. The van der Waals surface area contributed by atoms with Gasteiger partial charge in [0, 0.05) is 6.04 Å². The third-order valence-electron chi connectivity index (χ3n) is 2.81. The third kappa shape index (κ3) is 9.71. The van der Waals surface area contributed by atoms with E-state index in [1.165, 1.54) is 4.90 Å². The largest absolute Gasteiger partial charge is 0.401 e. The van der Waals surface area contributed by atoms with Crippen LogP contribution < -0.4 is 5.32 Å². The average molecular weight is 268 g/mol. The highest BCUT2D eigenvalue weighted by Crippen LogP contribution is 2.19. The van der Waals surface area contributed by atoms with Gasteiger partial charge in [-0.25, -0.2) is 0 Å². The second-order valence-corrected chi connectivity index (χ2v) is 5.32. The van der Waals surface area contributed by atoms with Crippen molar-refractivity contribution in [1.29, 1.82) is 0 Å². The zero-order chi connectivity index (χ0) is 14.2. The van der Waals surface area contributed by atoms with Crippen molar-refractivity contribution in [3.63, 3.8) is 0 Å². The summed E-state index contributed by atoms with van der Waals surface area (Å²) in [5.41, 5.74) is 0. The first-order valence-electron chi connectivity index (χ1n) is 6.77. The Balaban J connectivity index is 4.02. The monoisotopic (exact) mass is 268 g/mol. The topological polar surface area (TPSA) is 15.3 Å². The van der Waals surface area contributed by atoms with Crippen molar-refractivity contribution in [2.24, 2.45) is 5.92 Å². The molecule has 0 aliphatic rings. The number of halogens is 3. The van der Waals surface area contributed by atoms with Gasteiger partial charge in [0.15, 0.2) is 0 Å². The standard InChI is InChI=1S/C13H27F3N2/c1-5-8-18(10-13(14,15)16)12(4)6-7-17-9-11(2)3/h11-12,17H,5-10H2,1-4H3. The van der Waals surface area contributed by atoms with E-state index in [0.29, 0.717) is 12.5 Å². The SMILES string of the molecule is CCCN(CC(F)(F)F)C(C)CCNCC(C)C. The molecule has 18 heavy (non-hydrogen) atoms. The van der Waals surface area contributed by atoms with E-state index in [9.17, 15) is 13.2 Å². The van der Waals surface area contributed by atoms with Crippen molar-refractivity contribution in [1.82, 2.24) is 10.2 Å². The van der Waals surface area contributed by atoms with Crippen molar-refractivity contribution in [3.8, 4) is 0 Å². The molecule has 5 heteroatoms. The summed E-state index contributed by atoms with van der Waals surface area (Å²) in [6, 6.07) is -0.0359. The Bertz CT molecular complexity index is 205. The molecule has 0 bridgehead atoms. The average Bonchev–Trinajstić information content (AvgIpc) is 2.21. The van der Waals surface area contributed by atoms with Gasteiger partial charge >= 0.3 is 6.18 Å². The van der Waals surface area contributed by atoms with Crippen molar-refractivity contribution >= 4 is 0 Å². The number of nitrogens with one attached hydrogen (secondary N) is 1. The zero-order valence-corrected chi connectivity index (χ0v) is 12.0. The summed E-state index contributed by atoms with van der Waals surface area (Å²) in [6.07, 6.45) is -2.60. The molecule has 0 saturated heterocycles. The molecule has 0 aliphatic carbocycles. The van der Waals surface area contributed by atoms with Gasteiger partial charge in [-0.3, -0.25) is 4.90 Å². The van der Waals surface area contributed by atoms with Crippen LogP contribution in [-0.4, -0.2) is 43.3 Å². The van der Waals surface area contributed by atoms with Gasteiger partial charge in [-0.2, -0.15) is 13.2 Å². The van der Waals surface area contributed by atoms with Crippen LogP contribution in [0.3, 0.4) is 0 Å². The predicted octanol–water partition coefficient (Wildman–Crippen LogP) is 3.28. The minimum absolute atomic E-state index is 0.0359. The first kappa shape index (κ1) is 17.7. The van der Waals surface area contributed by atoms with E-state index in [-0.39, 0.29) is 6.04 Å². The fourth-order valence-electron chi connectivity index (χ4n) is 1.86. The molecule has 0 aromatic carbocycles. The highest BCUT2D eigenvalue weighted by atomic mass is 19.4. The van der Waals surface area contributed by atoms with Crippen LogP contribution in [0.15, 0.2) is 0 Å². The van der Waals surface area contributed by atoms with Crippen LogP contribution in [0, 0.1) is 5.92 Å². The van der Waals surface area contributed by atoms with Crippen LogP contribution in [0.4, 0.5) is 13.2 Å². The number of hydrogen-bond donors (Lipinski definition) is 1. The van der Waals surface area contributed by atoms with Gasteiger partial charge in [0.2, 0.25) is 0 Å². The molecule has 0 amide bonds. The van der Waals surface area contributed by atoms with E-state index in [2.05, 4.69) is 19.2 Å². The smallest absolute Gasteiger partial charge is 0.316 e. The molecule has 110 valence electrons. The molecule has 0 heterocycles. The molecular formula is C13H27F3N2. The number of nitrogens with zero attached hydrogens (tertiary/aromatic N) is 1. The molecular weight excluding hydrogens is 241 g/mol. The third-order valence-corrected chi connectivity index (χ3v) is 2.81. The maximum atomic E-state index is 12.4. The molecule has 1 N–H and O–H groups in total. The fraction of sp³-hybridized carbons (Fsp3) is 1.00. The van der Waals surface area contributed by atoms with Crippen molar-refractivity contribution < 1.29 is 13.2 Å². The normalized spacial score (nSPS) is 14.5. The molecule has 0 spiro atoms. The van der Waals surface area contributed by atoms with Crippen LogP contribution in [0.5, 0.6) is 0 Å². The molecule has 0 aliphatic heterocycles. The lowest BCUT2D eigenvalue weighted by molar-refractivity contribution is -0.150. The van der Waals surface area contributed by atoms with Crippen molar-refractivity contribution in [2.75, 3.05) is 26.2 Å². The van der Waals surface area contributed by atoms with Gasteiger partial charge in [0.05, 0.1) is 6.54 Å². The summed E-state index contributed by atoms with van der Waals surface area (Å²) in [4.78, 5) is 1.52. The Morgan fingerprint density at radius 3 is 2.22 bits per heavy atom. The molecule has 0 aromatic rings. The highest BCUT2D eigenvalue weighted by Gasteiger charge is 2.32. The molecule has 1 atom stereocenters. The van der Waals surface area contributed by atoms with Gasteiger partial charge in [-0.15, -0.1) is 0 Å². The predicted molar refractivity (Wildman–Crippen MR) is 69.7 cm³/mol. The summed E-state index contributed by atoms with van der Waals surface area (Å²) >= 11 is 0. The van der Waals surface area contributed by atoms with Crippen LogP contribution in [0.1, 0.15) is 40.5 Å². The van der Waals surface area contributed by atoms with Crippen molar-refractivity contribution in [3.05, 3.63) is 0 Å². The molecule has 0 radical (unpaired) electrons. The van der Waals surface area contributed by atoms with Gasteiger partial charge in [-0.1, -0.05) is 20.8 Å². The molecule has 1 unspecified atom stereocenters. The highest BCUT2D eigenvalue weighted by molar-refractivity contribution is 4.71. The van der Waals surface area contributed by atoms with E-state index >= 15 is 0 Å². The van der Waals surface area contributed by atoms with Gasteiger partial charge in [0.25, 0.3) is 0 Å². The Hall–Kier alpha value is -0.290. The second kappa shape index (κ2) is 8.75. The second-order valence-electron chi connectivity index (χ2n) is 5.32. The van der Waals surface area contributed by atoms with Gasteiger partial charge in [0.1, 0.15) is 0 Å². The maximum Gasteiger partial charge on any atom is 0.401 e. The number of hydrogen-bond acceptors (Lipinski definition) is 2. The van der Waals surface area contributed by atoms with Crippen LogP contribution in [-0.2, 0) is 0 Å². The summed E-state index contributed by atoms with van der Waals surface area (Å²) in [5.74, 6) is 0.572. The summed E-state index contributed by atoms with van der Waals surface area (Å²) in [7, 11) is 0. The molecule has 0 aromatic heterocycles. The lowest BCUT2D eigenvalue weighted by Gasteiger charge is -2.29. The van der Waals surface area contributed by atoms with E-state index in [4.69, 9.17) is 0 Å². The number of rotatable bonds is 9. The summed E-state index contributed by atoms with van der Waals surface area (Å²) in [6.45, 7) is 9.41. The van der Waals surface area contributed by atoms with E-state index in [0.717, 1.165) is 25.9 Å². The van der Waals surface area contributed by atoms with E-state index < -0.39 is 12.7 Å². The molecule has 0 fully saturated rings. The molecule has 0 saturated carbocycles. The first-order chi connectivity index (χ1) is 8.26. The Kier molecular flexibility index (Phi) is 8.61. The van der Waals surface area contributed by atoms with Crippen molar-refractivity contribution in [2.45, 2.75) is 52.8 Å². The van der Waals surface area contributed by atoms with E-state index in [1.807, 2.05) is 13.8 Å². The fourth-order valence-corrected chi connectivity index (χ4v) is 1.86. The molecule has 0 rings (SSSR count). The Labute approximate surface area is 109 Å². The summed E-state index contributed by atoms with van der Waals surface area (Å²) in [5, 5.41) is 3.27. The Morgan fingerprint density at radius 1 is 1.17 bits per heavy atom. The maximum absolute atomic E-state index is 12.4. The van der Waals surface area contributed by atoms with E-state index in [1.54, 1.807) is 0 Å². The van der Waals surface area contributed by atoms with Crippen LogP contribution in [0.2, 0.25) is 0 Å². The van der Waals surface area contributed by atoms with Gasteiger partial charge < -0.3 is 5.32 Å². The minimum Gasteiger partial charge on any atom is -0.316 e. The minimum atomic E-state index is -4.10. The quantitative estimate of drug-likeness (QED) is 0.646. The zero-order valence-electron chi connectivity index (χ0n) is 12.0. The Morgan fingerprint density at radius 2 is 1.78 bits per heavy atom. The number of alkyl halides is 3.